The van der Waals surface area contributed by atoms with Gasteiger partial charge in [-0.2, -0.15) is 0 Å². The normalized spacial score (nSPS) is 14.7. The number of esters is 2. The van der Waals surface area contributed by atoms with Crippen LogP contribution in [-0.2, 0) is 45.5 Å². The molecule has 2 unspecified atom stereocenters. The number of hydrogen-bond acceptors (Lipinski definition) is 9. The highest BCUT2D eigenvalue weighted by Crippen LogP contribution is 2.43. The molecule has 0 bridgehead atoms. The van der Waals surface area contributed by atoms with Gasteiger partial charge >= 0.3 is 19.8 Å². The van der Waals surface area contributed by atoms with E-state index in [9.17, 15) is 24.2 Å². The van der Waals surface area contributed by atoms with Crippen LogP contribution in [0.3, 0.4) is 0 Å². The Balaban J connectivity index is 2.41. The largest absolute Gasteiger partial charge is 0.472 e. The Morgan fingerprint density at radius 3 is 1.97 bits per heavy atom. The molecule has 12 heteroatoms. The molecule has 0 aliphatic heterocycles. The number of quaternary nitrogens is 1. The zero-order valence-corrected chi connectivity index (χ0v) is 40.3. The maximum absolute atomic E-state index is 12.7. The van der Waals surface area contributed by atoms with Crippen LogP contribution >= 0.6 is 7.82 Å². The molecule has 0 aliphatic carbocycles. The number of rotatable bonds is 37. The maximum Gasteiger partial charge on any atom is 0.472 e. The molecule has 3 atom stereocenters. The highest BCUT2D eigenvalue weighted by molar-refractivity contribution is 7.47. The molecule has 0 aromatic carbocycles. The predicted octanol–water partition coefficient (Wildman–Crippen LogP) is 11.6. The smallest absolute Gasteiger partial charge is 0.466 e. The van der Waals surface area contributed by atoms with E-state index >= 15 is 0 Å². The molecule has 1 aromatic rings. The van der Waals surface area contributed by atoms with E-state index in [2.05, 4.69) is 45.9 Å². The van der Waals surface area contributed by atoms with Crippen LogP contribution in [0.25, 0.3) is 0 Å². The molecule has 0 aliphatic rings. The average Bonchev–Trinajstić information content (AvgIpc) is 3.48. The van der Waals surface area contributed by atoms with E-state index in [1.54, 1.807) is 6.08 Å². The lowest BCUT2D eigenvalue weighted by atomic mass is 10.0. The Bertz CT molecular complexity index is 1580. The second-order valence-electron chi connectivity index (χ2n) is 16.8. The number of likely N-dealkylation sites (N-methyl/N-ethyl adjacent to an activating group) is 1. The number of aliphatic hydroxyl groups is 1. The van der Waals surface area contributed by atoms with Crippen LogP contribution in [0, 0.1) is 13.8 Å². The Morgan fingerprint density at radius 2 is 1.31 bits per heavy atom. The number of aryl methyl sites for hydroxylation is 2. The topological polar surface area (TPSA) is 142 Å². The average molecular weight is 889 g/mol. The fourth-order valence-electron chi connectivity index (χ4n) is 6.17. The van der Waals surface area contributed by atoms with Crippen molar-refractivity contribution in [1.29, 1.82) is 0 Å². The van der Waals surface area contributed by atoms with Crippen molar-refractivity contribution in [2.24, 2.45) is 0 Å². The summed E-state index contributed by atoms with van der Waals surface area (Å²) in [5.74, 6) is 1.33. The third kappa shape index (κ3) is 31.5. The van der Waals surface area contributed by atoms with Crippen molar-refractivity contribution < 1.29 is 51.6 Å². The number of ether oxygens (including phenoxy) is 2. The zero-order chi connectivity index (χ0) is 45.9. The van der Waals surface area contributed by atoms with Gasteiger partial charge in [0.2, 0.25) is 0 Å². The summed E-state index contributed by atoms with van der Waals surface area (Å²) >= 11 is 0. The standard InChI is InChI=1S/C50H82NO10P/c1-8-10-11-12-23-28-34-45(52)35-29-24-19-15-13-14-16-22-27-32-38-50(54)60-46(42-59-62(55,56)58-40-39-51(5,6)7)41-57-49(53)37-31-26-21-18-17-20-25-30-36-48-44(4)43(3)47(61-48)33-9-2/h10-11,13-14,19,22-24,27-29,35,45-46,52H,8-9,12,15-18,20-21,25-26,30-34,36-42H2,1-7H3/p+1/b11-10-,14-13-,24-19-,27-22-,28-23-,35-29+/t45?,46-/m1/s1. The fourth-order valence-corrected chi connectivity index (χ4v) is 6.91. The first kappa shape index (κ1) is 56.7. The molecule has 0 fully saturated rings. The first-order valence-corrected chi connectivity index (χ1v) is 24.6. The van der Waals surface area contributed by atoms with Gasteiger partial charge in [-0.1, -0.05) is 125 Å². The monoisotopic (exact) mass is 889 g/mol. The van der Waals surface area contributed by atoms with E-state index in [1.807, 2.05) is 69.8 Å². The minimum atomic E-state index is -4.43. The molecule has 62 heavy (non-hydrogen) atoms. The van der Waals surface area contributed by atoms with Gasteiger partial charge in [0.25, 0.3) is 0 Å². The van der Waals surface area contributed by atoms with E-state index in [4.69, 9.17) is 22.9 Å². The Hall–Kier alpha value is -3.31. The summed E-state index contributed by atoms with van der Waals surface area (Å²) in [5.41, 5.74) is 2.62. The lowest BCUT2D eigenvalue weighted by Gasteiger charge is -2.24. The number of carbonyl (C=O) groups is 2. The van der Waals surface area contributed by atoms with E-state index in [-0.39, 0.29) is 26.1 Å². The van der Waals surface area contributed by atoms with Crippen molar-refractivity contribution in [2.45, 2.75) is 162 Å². The van der Waals surface area contributed by atoms with Crippen LogP contribution in [0.4, 0.5) is 0 Å². The SMILES string of the molecule is CC/C=C\C/C=C\CC(O)/C=C/C=C\C/C=C\C/C=C\CCC(=O)O[C@H](COC(=O)CCCCCCCCCCc1oc(CCC)c(C)c1C)COP(=O)(O)OCC[N+](C)(C)C. The van der Waals surface area contributed by atoms with Gasteiger partial charge in [-0.15, -0.1) is 0 Å². The molecule has 11 nitrogen and oxygen atoms in total. The molecule has 0 radical (unpaired) electrons. The van der Waals surface area contributed by atoms with E-state index < -0.39 is 38.6 Å². The summed E-state index contributed by atoms with van der Waals surface area (Å²) in [4.78, 5) is 35.5. The van der Waals surface area contributed by atoms with Crippen LogP contribution in [0.5, 0.6) is 0 Å². The quantitative estimate of drug-likeness (QED) is 0.0166. The number of aliphatic hydroxyl groups excluding tert-OH is 1. The van der Waals surface area contributed by atoms with Crippen LogP contribution in [0.15, 0.2) is 77.3 Å². The zero-order valence-electron chi connectivity index (χ0n) is 39.4. The van der Waals surface area contributed by atoms with E-state index in [0.717, 1.165) is 82.1 Å². The van der Waals surface area contributed by atoms with E-state index in [0.29, 0.717) is 36.7 Å². The molecular weight excluding hydrogens is 806 g/mol. The summed E-state index contributed by atoms with van der Waals surface area (Å²) in [6.07, 6.45) is 38.4. The number of carbonyl (C=O) groups excluding carboxylic acids is 2. The molecule has 1 heterocycles. The summed E-state index contributed by atoms with van der Waals surface area (Å²) in [6.45, 7) is 8.34. The highest BCUT2D eigenvalue weighted by Gasteiger charge is 2.27. The Kier molecular flexibility index (Phi) is 32.1. The summed E-state index contributed by atoms with van der Waals surface area (Å²) in [7, 11) is 1.37. The van der Waals surface area contributed by atoms with Gasteiger partial charge in [0.1, 0.15) is 31.3 Å². The summed E-state index contributed by atoms with van der Waals surface area (Å²) < 4.78 is 40.4. The van der Waals surface area contributed by atoms with Crippen molar-refractivity contribution in [3.63, 3.8) is 0 Å². The first-order valence-electron chi connectivity index (χ1n) is 23.1. The van der Waals surface area contributed by atoms with Gasteiger partial charge in [-0.3, -0.25) is 18.6 Å². The molecule has 0 saturated carbocycles. The number of hydrogen-bond donors (Lipinski definition) is 2. The molecule has 352 valence electrons. The van der Waals surface area contributed by atoms with Gasteiger partial charge in [0, 0.05) is 25.7 Å². The number of nitrogens with zero attached hydrogens (tertiary/aromatic N) is 1. The number of allylic oxidation sites excluding steroid dienone is 10. The molecule has 0 saturated heterocycles. The third-order valence-corrected chi connectivity index (χ3v) is 11.0. The number of unbranched alkanes of at least 4 members (excludes halogenated alkanes) is 7. The summed E-state index contributed by atoms with van der Waals surface area (Å²) in [6, 6.07) is 0. The lowest BCUT2D eigenvalue weighted by Crippen LogP contribution is -2.37. The van der Waals surface area contributed by atoms with Crippen molar-refractivity contribution in [3.8, 4) is 0 Å². The molecule has 2 N–H and O–H groups in total. The van der Waals surface area contributed by atoms with Gasteiger partial charge < -0.3 is 28.4 Å². The van der Waals surface area contributed by atoms with Crippen molar-refractivity contribution in [2.75, 3.05) is 47.5 Å². The van der Waals surface area contributed by atoms with Gasteiger partial charge in [-0.05, 0) is 82.8 Å². The minimum Gasteiger partial charge on any atom is -0.466 e. The maximum atomic E-state index is 12.7. The van der Waals surface area contributed by atoms with Crippen molar-refractivity contribution >= 4 is 19.8 Å². The number of furan rings is 1. The van der Waals surface area contributed by atoms with Crippen molar-refractivity contribution in [1.82, 2.24) is 0 Å². The minimum absolute atomic E-state index is 0.00142. The van der Waals surface area contributed by atoms with Crippen LogP contribution in [0.2, 0.25) is 0 Å². The molecule has 0 spiro atoms. The predicted molar refractivity (Wildman–Crippen MR) is 252 cm³/mol. The number of phosphoric acid groups is 1. The fraction of sp³-hybridized carbons (Fsp3) is 0.640. The first-order chi connectivity index (χ1) is 29.7. The number of phosphoric ester groups is 1. The lowest BCUT2D eigenvalue weighted by molar-refractivity contribution is -0.870. The molecule has 1 rings (SSSR count). The van der Waals surface area contributed by atoms with Gasteiger partial charge in [-0.25, -0.2) is 4.57 Å². The highest BCUT2D eigenvalue weighted by atomic mass is 31.2. The Labute approximate surface area is 375 Å². The van der Waals surface area contributed by atoms with Crippen LogP contribution in [0.1, 0.15) is 146 Å². The third-order valence-electron chi connectivity index (χ3n) is 10.0. The van der Waals surface area contributed by atoms with E-state index in [1.165, 1.54) is 24.0 Å². The van der Waals surface area contributed by atoms with Crippen LogP contribution < -0.4 is 0 Å². The van der Waals surface area contributed by atoms with Gasteiger partial charge in [0.15, 0.2) is 6.10 Å². The van der Waals surface area contributed by atoms with Crippen molar-refractivity contribution in [3.05, 3.63) is 95.6 Å². The molecular formula is C50H83NO10P+. The summed E-state index contributed by atoms with van der Waals surface area (Å²) in [5, 5.41) is 10.0. The Morgan fingerprint density at radius 1 is 0.710 bits per heavy atom. The second kappa shape index (κ2) is 35.1. The van der Waals surface area contributed by atoms with Crippen LogP contribution in [-0.4, -0.2) is 86.1 Å². The molecule has 0 amide bonds. The second-order valence-corrected chi connectivity index (χ2v) is 18.3. The van der Waals surface area contributed by atoms with Gasteiger partial charge in [0.05, 0.1) is 33.9 Å². The molecule has 1 aromatic heterocycles.